The number of aromatic nitrogens is 5. The van der Waals surface area contributed by atoms with E-state index in [4.69, 9.17) is 9.84 Å². The number of carbonyl (C=O) groups excluding carboxylic acids is 1. The molecule has 2 fully saturated rings. The number of ether oxygens (including phenoxy) is 1. The van der Waals surface area contributed by atoms with Gasteiger partial charge in [0.1, 0.15) is 11.3 Å². The Morgan fingerprint density at radius 2 is 2.03 bits per heavy atom. The fraction of sp³-hybridized carbons (Fsp3) is 0.417. The first-order chi connectivity index (χ1) is 15.7. The number of amides is 1. The minimum Gasteiger partial charge on any atom is -0.491 e. The van der Waals surface area contributed by atoms with Gasteiger partial charge in [-0.25, -0.2) is 9.50 Å². The number of rotatable bonds is 6. The summed E-state index contributed by atoms with van der Waals surface area (Å²) < 4.78 is 9.83. The van der Waals surface area contributed by atoms with E-state index < -0.39 is 0 Å². The summed E-state index contributed by atoms with van der Waals surface area (Å²) in [4.78, 5) is 17.4. The summed E-state index contributed by atoms with van der Waals surface area (Å²) in [6, 6.07) is 6.17. The van der Waals surface area contributed by atoms with E-state index in [-0.39, 0.29) is 5.91 Å². The Bertz CT molecular complexity index is 1280. The summed E-state index contributed by atoms with van der Waals surface area (Å²) in [6.07, 6.45) is 15.6. The van der Waals surface area contributed by atoms with Crippen LogP contribution in [0.1, 0.15) is 61.3 Å². The topological polar surface area (TPSA) is 86.3 Å². The van der Waals surface area contributed by atoms with Gasteiger partial charge in [-0.05, 0) is 43.7 Å². The van der Waals surface area contributed by atoms with E-state index in [2.05, 4.69) is 26.3 Å². The van der Waals surface area contributed by atoms with E-state index in [9.17, 15) is 4.79 Å². The molecule has 1 aromatic carbocycles. The number of nitrogens with zero attached hydrogens (tertiary/aromatic N) is 5. The normalized spacial score (nSPS) is 17.1. The van der Waals surface area contributed by atoms with Crippen molar-refractivity contribution in [2.45, 2.75) is 51.0 Å². The van der Waals surface area contributed by atoms with Crippen LogP contribution in [0.25, 0.3) is 16.6 Å². The van der Waals surface area contributed by atoms with Crippen molar-refractivity contribution in [1.82, 2.24) is 24.4 Å². The third-order valence-electron chi connectivity index (χ3n) is 6.52. The molecule has 0 unspecified atom stereocenters. The maximum Gasteiger partial charge on any atom is 0.261 e. The van der Waals surface area contributed by atoms with Crippen molar-refractivity contribution in [3.05, 3.63) is 48.5 Å². The van der Waals surface area contributed by atoms with Gasteiger partial charge in [0, 0.05) is 30.0 Å². The van der Waals surface area contributed by atoms with Gasteiger partial charge in [0.15, 0.2) is 5.65 Å². The molecule has 1 N–H and O–H groups in total. The van der Waals surface area contributed by atoms with Gasteiger partial charge in [-0.1, -0.05) is 19.3 Å². The van der Waals surface area contributed by atoms with E-state index in [1.54, 1.807) is 29.2 Å². The third kappa shape index (κ3) is 3.70. The fourth-order valence-corrected chi connectivity index (χ4v) is 4.49. The van der Waals surface area contributed by atoms with Gasteiger partial charge < -0.3 is 10.1 Å². The highest BCUT2D eigenvalue weighted by atomic mass is 16.5. The predicted octanol–water partition coefficient (Wildman–Crippen LogP) is 4.63. The van der Waals surface area contributed by atoms with Crippen LogP contribution in [-0.2, 0) is 0 Å². The summed E-state index contributed by atoms with van der Waals surface area (Å²) in [6.45, 7) is 0.663. The molecule has 3 heterocycles. The minimum absolute atomic E-state index is 0.256. The van der Waals surface area contributed by atoms with Gasteiger partial charge in [0.2, 0.25) is 0 Å². The largest absolute Gasteiger partial charge is 0.491 e. The Labute approximate surface area is 185 Å². The number of fused-ring (bicyclic) bond motifs is 2. The van der Waals surface area contributed by atoms with E-state index in [0.717, 1.165) is 10.9 Å². The SMILES string of the molecule is O=C(Nc1cc2cn(C3CCCCC3)nc2cc1OCC1CC1)c1cnn2cccnc12. The van der Waals surface area contributed by atoms with Crippen molar-refractivity contribution >= 4 is 28.1 Å². The van der Waals surface area contributed by atoms with Crippen molar-refractivity contribution in [3.8, 4) is 5.75 Å². The van der Waals surface area contributed by atoms with E-state index in [1.807, 2.05) is 12.1 Å². The van der Waals surface area contributed by atoms with Crippen LogP contribution in [-0.4, -0.2) is 36.9 Å². The first-order valence-electron chi connectivity index (χ1n) is 11.5. The fourth-order valence-electron chi connectivity index (χ4n) is 4.49. The quantitative estimate of drug-likeness (QED) is 0.482. The lowest BCUT2D eigenvalue weighted by atomic mass is 9.96. The first-order valence-corrected chi connectivity index (χ1v) is 11.5. The predicted molar refractivity (Wildman–Crippen MR) is 121 cm³/mol. The van der Waals surface area contributed by atoms with Crippen LogP contribution in [0.4, 0.5) is 5.69 Å². The summed E-state index contributed by atoms with van der Waals surface area (Å²) >= 11 is 0. The van der Waals surface area contributed by atoms with Crippen molar-refractivity contribution in [3.63, 3.8) is 0 Å². The molecule has 8 nitrogen and oxygen atoms in total. The van der Waals surface area contributed by atoms with Crippen LogP contribution in [0, 0.1) is 5.92 Å². The molecule has 2 aliphatic carbocycles. The third-order valence-corrected chi connectivity index (χ3v) is 6.52. The number of benzene rings is 1. The zero-order chi connectivity index (χ0) is 21.5. The number of hydrogen-bond acceptors (Lipinski definition) is 5. The smallest absolute Gasteiger partial charge is 0.261 e. The number of anilines is 1. The lowest BCUT2D eigenvalue weighted by Gasteiger charge is -2.21. The van der Waals surface area contributed by atoms with Crippen molar-refractivity contribution in [2.24, 2.45) is 5.92 Å². The molecule has 2 aliphatic rings. The Morgan fingerprint density at radius 3 is 2.88 bits per heavy atom. The highest BCUT2D eigenvalue weighted by molar-refractivity contribution is 6.09. The zero-order valence-corrected chi connectivity index (χ0v) is 17.9. The lowest BCUT2D eigenvalue weighted by Crippen LogP contribution is -2.13. The van der Waals surface area contributed by atoms with Crippen molar-refractivity contribution < 1.29 is 9.53 Å². The highest BCUT2D eigenvalue weighted by Gasteiger charge is 2.24. The van der Waals surface area contributed by atoms with E-state index in [1.165, 1.54) is 44.9 Å². The van der Waals surface area contributed by atoms with Crippen LogP contribution in [0.3, 0.4) is 0 Å². The molecule has 0 spiro atoms. The zero-order valence-electron chi connectivity index (χ0n) is 17.9. The number of nitrogens with one attached hydrogen (secondary N) is 1. The van der Waals surface area contributed by atoms with E-state index >= 15 is 0 Å². The molecule has 0 aliphatic heterocycles. The molecule has 32 heavy (non-hydrogen) atoms. The highest BCUT2D eigenvalue weighted by Crippen LogP contribution is 2.36. The molecular weight excluding hydrogens is 404 g/mol. The maximum absolute atomic E-state index is 13.1. The van der Waals surface area contributed by atoms with Crippen LogP contribution in [0.15, 0.2) is 43.0 Å². The second kappa shape index (κ2) is 7.93. The minimum atomic E-state index is -0.256. The summed E-state index contributed by atoms with van der Waals surface area (Å²) in [7, 11) is 0. The van der Waals surface area contributed by atoms with Gasteiger partial charge in [0.25, 0.3) is 5.91 Å². The van der Waals surface area contributed by atoms with Gasteiger partial charge in [-0.15, -0.1) is 0 Å². The molecule has 0 atom stereocenters. The molecular formula is C24H26N6O2. The van der Waals surface area contributed by atoms with E-state index in [0.29, 0.717) is 41.2 Å². The Morgan fingerprint density at radius 1 is 1.16 bits per heavy atom. The molecule has 1 amide bonds. The molecule has 2 saturated carbocycles. The van der Waals surface area contributed by atoms with Crippen molar-refractivity contribution in [1.29, 1.82) is 0 Å². The average molecular weight is 431 g/mol. The van der Waals surface area contributed by atoms with Crippen LogP contribution in [0.5, 0.6) is 5.75 Å². The maximum atomic E-state index is 13.1. The van der Waals surface area contributed by atoms with Gasteiger partial charge >= 0.3 is 0 Å². The molecule has 6 rings (SSSR count). The Balaban J connectivity index is 1.33. The summed E-state index contributed by atoms with van der Waals surface area (Å²) in [5.41, 5.74) is 2.51. The van der Waals surface area contributed by atoms with Crippen LogP contribution < -0.4 is 10.1 Å². The molecule has 0 saturated heterocycles. The van der Waals surface area contributed by atoms with Crippen LogP contribution >= 0.6 is 0 Å². The number of hydrogen-bond donors (Lipinski definition) is 1. The molecule has 3 aromatic heterocycles. The Hall–Kier alpha value is -3.42. The molecule has 4 aromatic rings. The van der Waals surface area contributed by atoms with Gasteiger partial charge in [0.05, 0.1) is 30.0 Å². The lowest BCUT2D eigenvalue weighted by molar-refractivity contribution is 0.102. The van der Waals surface area contributed by atoms with Gasteiger partial charge in [-0.2, -0.15) is 10.2 Å². The molecule has 8 heteroatoms. The molecule has 0 bridgehead atoms. The van der Waals surface area contributed by atoms with Gasteiger partial charge in [-0.3, -0.25) is 9.48 Å². The molecule has 164 valence electrons. The summed E-state index contributed by atoms with van der Waals surface area (Å²) in [5.74, 6) is 1.02. The standard InChI is InChI=1S/C24H26N6O2/c31-24(19-13-26-29-10-4-9-25-23(19)29)27-21-11-17-14-30(18-5-2-1-3-6-18)28-20(17)12-22(21)32-15-16-7-8-16/h4,9-14,16,18H,1-3,5-8,15H2,(H,27,31). The molecule has 0 radical (unpaired) electrons. The number of carbonyl (C=O) groups is 1. The van der Waals surface area contributed by atoms with Crippen molar-refractivity contribution in [2.75, 3.05) is 11.9 Å². The monoisotopic (exact) mass is 430 g/mol. The second-order valence-electron chi connectivity index (χ2n) is 8.96. The summed E-state index contributed by atoms with van der Waals surface area (Å²) in [5, 5.41) is 13.1. The Kier molecular flexibility index (Phi) is 4.78. The second-order valence-corrected chi connectivity index (χ2v) is 8.96. The van der Waals surface area contributed by atoms with Crippen LogP contribution in [0.2, 0.25) is 0 Å². The average Bonchev–Trinajstić information content (AvgIpc) is 3.40. The first kappa shape index (κ1) is 19.3.